The summed E-state index contributed by atoms with van der Waals surface area (Å²) in [7, 11) is 0. The third-order valence-electron chi connectivity index (χ3n) is 2.24. The summed E-state index contributed by atoms with van der Waals surface area (Å²) in [5, 5.41) is 0. The normalized spacial score (nSPS) is 22.3. The van der Waals surface area contributed by atoms with Crippen LogP contribution in [0.4, 0.5) is 0 Å². The lowest BCUT2D eigenvalue weighted by Crippen LogP contribution is -1.99. The Kier molecular flexibility index (Phi) is 4.67. The van der Waals surface area contributed by atoms with Gasteiger partial charge >= 0.3 is 0 Å². The van der Waals surface area contributed by atoms with Crippen molar-refractivity contribution >= 4 is 12.3 Å². The van der Waals surface area contributed by atoms with Crippen LogP contribution in [0, 0.1) is 11.3 Å². The summed E-state index contributed by atoms with van der Waals surface area (Å²) in [5.41, 5.74) is 0.339. The molecule has 0 N–H and O–H groups in total. The molecule has 0 aromatic carbocycles. The summed E-state index contributed by atoms with van der Waals surface area (Å²) in [6, 6.07) is 0. The molecule has 0 aromatic heterocycles. The van der Waals surface area contributed by atoms with E-state index in [1.807, 2.05) is 0 Å². The van der Waals surface area contributed by atoms with Crippen molar-refractivity contribution < 1.29 is 14.3 Å². The van der Waals surface area contributed by atoms with Gasteiger partial charge in [0.2, 0.25) is 0 Å². The van der Waals surface area contributed by atoms with Gasteiger partial charge in [-0.05, 0) is 25.7 Å². The van der Waals surface area contributed by atoms with Crippen LogP contribution in [0.3, 0.4) is 0 Å². The Morgan fingerprint density at radius 3 is 2.08 bits per heavy atom. The van der Waals surface area contributed by atoms with Crippen molar-refractivity contribution in [3.63, 3.8) is 0 Å². The number of carbonyl (C=O) groups excluding carboxylic acids is 2. The molecule has 1 aliphatic carbocycles. The zero-order chi connectivity index (χ0) is 10.5. The first kappa shape index (κ1) is 12.1. The summed E-state index contributed by atoms with van der Waals surface area (Å²) in [5.74, 6) is 0.734. The fourth-order valence-electron chi connectivity index (χ4n) is 1.23. The molecule has 0 aromatic rings. The topological polar surface area (TPSA) is 43.4 Å². The van der Waals surface area contributed by atoms with E-state index in [1.54, 1.807) is 13.8 Å². The van der Waals surface area contributed by atoms with Gasteiger partial charge in [0.05, 0.1) is 6.61 Å². The van der Waals surface area contributed by atoms with Crippen LogP contribution in [-0.2, 0) is 14.3 Å². The van der Waals surface area contributed by atoms with E-state index >= 15 is 0 Å². The van der Waals surface area contributed by atoms with Gasteiger partial charge in [0.1, 0.15) is 5.78 Å². The number of hydrogen-bond acceptors (Lipinski definition) is 3. The average Bonchev–Trinajstić information content (AvgIpc) is 2.63. The van der Waals surface area contributed by atoms with Crippen molar-refractivity contribution in [3.05, 3.63) is 0 Å². The van der Waals surface area contributed by atoms with Gasteiger partial charge in [-0.3, -0.25) is 9.59 Å². The van der Waals surface area contributed by atoms with Crippen LogP contribution in [0.15, 0.2) is 0 Å². The standard InChI is InChI=1S/C7H12O.C3H6O2/c1-5(8)6-4-7(6,2)3;1-2-5-3-4/h6H,4H2,1-3H3;3H,2H2,1H3. The molecule has 0 bridgehead atoms. The molecule has 0 saturated heterocycles. The zero-order valence-corrected chi connectivity index (χ0v) is 8.79. The van der Waals surface area contributed by atoms with Crippen molar-refractivity contribution in [1.82, 2.24) is 0 Å². The molecular weight excluding hydrogens is 168 g/mol. The van der Waals surface area contributed by atoms with Crippen LogP contribution >= 0.6 is 0 Å². The number of carbonyl (C=O) groups is 2. The minimum Gasteiger partial charge on any atom is -0.468 e. The Hall–Kier alpha value is -0.860. The molecular formula is C10H18O3. The lowest BCUT2D eigenvalue weighted by atomic mass is 10.1. The first-order valence-corrected chi connectivity index (χ1v) is 4.51. The van der Waals surface area contributed by atoms with E-state index in [4.69, 9.17) is 0 Å². The minimum atomic E-state index is 0.339. The third-order valence-corrected chi connectivity index (χ3v) is 2.24. The van der Waals surface area contributed by atoms with E-state index in [1.165, 1.54) is 0 Å². The SMILES string of the molecule is CC(=O)C1CC1(C)C.CCOC=O. The predicted molar refractivity (Wildman–Crippen MR) is 50.3 cm³/mol. The predicted octanol–water partition coefficient (Wildman–Crippen LogP) is 1.80. The Morgan fingerprint density at radius 2 is 2.08 bits per heavy atom. The monoisotopic (exact) mass is 186 g/mol. The van der Waals surface area contributed by atoms with Crippen LogP contribution in [-0.4, -0.2) is 18.9 Å². The van der Waals surface area contributed by atoms with Gasteiger partial charge in [-0.2, -0.15) is 0 Å². The van der Waals surface area contributed by atoms with E-state index in [-0.39, 0.29) is 0 Å². The van der Waals surface area contributed by atoms with Gasteiger partial charge < -0.3 is 4.74 Å². The third kappa shape index (κ3) is 4.65. The summed E-state index contributed by atoms with van der Waals surface area (Å²) < 4.78 is 4.15. The summed E-state index contributed by atoms with van der Waals surface area (Å²) in [4.78, 5) is 19.8. The summed E-state index contributed by atoms with van der Waals surface area (Å²) >= 11 is 0. The molecule has 1 atom stereocenters. The fraction of sp³-hybridized carbons (Fsp3) is 0.800. The maximum Gasteiger partial charge on any atom is 0.293 e. The van der Waals surface area contributed by atoms with Crippen molar-refractivity contribution in [3.8, 4) is 0 Å². The highest BCUT2D eigenvalue weighted by atomic mass is 16.5. The van der Waals surface area contributed by atoms with Crippen LogP contribution in [0.5, 0.6) is 0 Å². The Balaban J connectivity index is 0.000000252. The second-order valence-electron chi connectivity index (χ2n) is 3.91. The first-order chi connectivity index (χ1) is 5.95. The van der Waals surface area contributed by atoms with Gasteiger partial charge in [0.25, 0.3) is 6.47 Å². The van der Waals surface area contributed by atoms with E-state index in [0.717, 1.165) is 6.42 Å². The molecule has 1 rings (SSSR count). The second kappa shape index (κ2) is 5.00. The van der Waals surface area contributed by atoms with E-state index in [0.29, 0.717) is 30.2 Å². The minimum absolute atomic E-state index is 0.339. The number of hydrogen-bond donors (Lipinski definition) is 0. The Bertz CT molecular complexity index is 185. The molecule has 1 aliphatic rings. The number of ether oxygens (including phenoxy) is 1. The van der Waals surface area contributed by atoms with Gasteiger partial charge in [-0.25, -0.2) is 0 Å². The smallest absolute Gasteiger partial charge is 0.293 e. The van der Waals surface area contributed by atoms with Gasteiger partial charge in [-0.15, -0.1) is 0 Å². The molecule has 0 radical (unpaired) electrons. The second-order valence-corrected chi connectivity index (χ2v) is 3.91. The number of ketones is 1. The van der Waals surface area contributed by atoms with Gasteiger partial charge in [0.15, 0.2) is 0 Å². The molecule has 1 saturated carbocycles. The fourth-order valence-corrected chi connectivity index (χ4v) is 1.23. The number of Topliss-reactive ketones (excluding diaryl/α,β-unsaturated/α-hetero) is 1. The zero-order valence-electron chi connectivity index (χ0n) is 8.79. The molecule has 76 valence electrons. The van der Waals surface area contributed by atoms with Crippen LogP contribution in [0.1, 0.15) is 34.1 Å². The van der Waals surface area contributed by atoms with Crippen LogP contribution in [0.25, 0.3) is 0 Å². The van der Waals surface area contributed by atoms with Crippen LogP contribution < -0.4 is 0 Å². The molecule has 3 heteroatoms. The van der Waals surface area contributed by atoms with E-state index in [9.17, 15) is 9.59 Å². The molecule has 1 unspecified atom stereocenters. The van der Waals surface area contributed by atoms with Gasteiger partial charge in [0, 0.05) is 5.92 Å². The Labute approximate surface area is 79.5 Å². The first-order valence-electron chi connectivity index (χ1n) is 4.51. The van der Waals surface area contributed by atoms with Crippen molar-refractivity contribution in [1.29, 1.82) is 0 Å². The van der Waals surface area contributed by atoms with E-state index < -0.39 is 0 Å². The molecule has 0 amide bonds. The molecule has 0 heterocycles. The quantitative estimate of drug-likeness (QED) is 0.631. The molecule has 0 spiro atoms. The van der Waals surface area contributed by atoms with Crippen molar-refractivity contribution in [2.24, 2.45) is 11.3 Å². The molecule has 1 fully saturated rings. The maximum atomic E-state index is 10.6. The largest absolute Gasteiger partial charge is 0.468 e. The van der Waals surface area contributed by atoms with E-state index in [2.05, 4.69) is 18.6 Å². The average molecular weight is 186 g/mol. The highest BCUT2D eigenvalue weighted by Gasteiger charge is 2.48. The summed E-state index contributed by atoms with van der Waals surface area (Å²) in [6.45, 7) is 8.62. The maximum absolute atomic E-state index is 10.6. The molecule has 0 aliphatic heterocycles. The highest BCUT2D eigenvalue weighted by molar-refractivity contribution is 5.81. The lowest BCUT2D eigenvalue weighted by Gasteiger charge is -1.95. The molecule has 3 nitrogen and oxygen atoms in total. The van der Waals surface area contributed by atoms with Crippen molar-refractivity contribution in [2.75, 3.05) is 6.61 Å². The lowest BCUT2D eigenvalue weighted by molar-refractivity contribution is -0.128. The van der Waals surface area contributed by atoms with Crippen LogP contribution in [0.2, 0.25) is 0 Å². The van der Waals surface area contributed by atoms with Crippen molar-refractivity contribution in [2.45, 2.75) is 34.1 Å². The highest BCUT2D eigenvalue weighted by Crippen LogP contribution is 2.51. The van der Waals surface area contributed by atoms with Gasteiger partial charge in [-0.1, -0.05) is 13.8 Å². The number of rotatable bonds is 3. The molecule has 13 heavy (non-hydrogen) atoms. The Morgan fingerprint density at radius 1 is 1.62 bits per heavy atom. The summed E-state index contributed by atoms with van der Waals surface area (Å²) in [6.07, 6.45) is 1.10.